The maximum atomic E-state index is 13.0. The average Bonchev–Trinajstić information content (AvgIpc) is 3.28. The highest BCUT2D eigenvalue weighted by Crippen LogP contribution is 2.29. The predicted octanol–water partition coefficient (Wildman–Crippen LogP) is 5.08. The molecular weight excluding hydrogens is 384 g/mol. The summed E-state index contributed by atoms with van der Waals surface area (Å²) in [5.41, 5.74) is 3.48. The number of hydrogen-bond donors (Lipinski definition) is 1. The Hall–Kier alpha value is -3.44. The molecule has 3 aromatic carbocycles. The first-order chi connectivity index (χ1) is 14.2. The quantitative estimate of drug-likeness (QED) is 0.489. The molecule has 0 saturated heterocycles. The van der Waals surface area contributed by atoms with Crippen LogP contribution < -0.4 is 5.32 Å². The number of nitrogens with zero attached hydrogens (tertiary/aromatic N) is 3. The van der Waals surface area contributed by atoms with Gasteiger partial charge in [0.05, 0.1) is 11.4 Å². The van der Waals surface area contributed by atoms with Crippen molar-refractivity contribution in [2.75, 3.05) is 5.32 Å². The third-order valence-electron chi connectivity index (χ3n) is 4.69. The van der Waals surface area contributed by atoms with Gasteiger partial charge in [0, 0.05) is 17.4 Å². The lowest BCUT2D eigenvalue weighted by Gasteiger charge is -2.18. The second-order valence-electron chi connectivity index (χ2n) is 6.63. The van der Waals surface area contributed by atoms with Crippen LogP contribution in [-0.4, -0.2) is 20.7 Å². The van der Waals surface area contributed by atoms with E-state index in [9.17, 15) is 4.79 Å². The number of aromatic nitrogens is 3. The number of carbonyl (C=O) groups is 1. The van der Waals surface area contributed by atoms with Gasteiger partial charge in [-0.3, -0.25) is 4.79 Å². The highest BCUT2D eigenvalue weighted by atomic mass is 35.5. The van der Waals surface area contributed by atoms with Crippen LogP contribution in [0, 0.1) is 0 Å². The second-order valence-corrected chi connectivity index (χ2v) is 7.06. The third kappa shape index (κ3) is 4.52. The zero-order chi connectivity index (χ0) is 20.1. The lowest BCUT2D eigenvalue weighted by Crippen LogP contribution is -2.17. The fourth-order valence-electron chi connectivity index (χ4n) is 3.33. The molecule has 0 bridgehead atoms. The maximum Gasteiger partial charge on any atom is 0.225 e. The summed E-state index contributed by atoms with van der Waals surface area (Å²) in [5.74, 6) is -0.155. The van der Waals surface area contributed by atoms with Gasteiger partial charge in [0.25, 0.3) is 0 Å². The van der Waals surface area contributed by atoms with Gasteiger partial charge in [0.15, 0.2) is 0 Å². The highest BCUT2D eigenvalue weighted by Gasteiger charge is 2.19. The fraction of sp³-hybridized carbons (Fsp3) is 0.0870. The summed E-state index contributed by atoms with van der Waals surface area (Å²) < 4.78 is 1.60. The Balaban J connectivity index is 1.61. The van der Waals surface area contributed by atoms with E-state index in [0.29, 0.717) is 22.8 Å². The van der Waals surface area contributed by atoms with E-state index in [1.807, 2.05) is 60.7 Å². The van der Waals surface area contributed by atoms with Gasteiger partial charge in [-0.15, -0.1) is 0 Å². The molecule has 1 heterocycles. The van der Waals surface area contributed by atoms with Gasteiger partial charge in [-0.1, -0.05) is 72.3 Å². The van der Waals surface area contributed by atoms with Crippen molar-refractivity contribution in [3.05, 3.63) is 108 Å². The molecule has 0 spiro atoms. The van der Waals surface area contributed by atoms with E-state index in [-0.39, 0.29) is 11.8 Å². The molecule has 1 amide bonds. The van der Waals surface area contributed by atoms with E-state index in [0.717, 1.165) is 11.1 Å². The van der Waals surface area contributed by atoms with Crippen molar-refractivity contribution in [1.29, 1.82) is 0 Å². The minimum absolute atomic E-state index is 0.0496. The van der Waals surface area contributed by atoms with Gasteiger partial charge in [0.2, 0.25) is 5.91 Å². The summed E-state index contributed by atoms with van der Waals surface area (Å²) in [7, 11) is 0. The number of nitrogens with one attached hydrogen (secondary N) is 1. The van der Waals surface area contributed by atoms with Crippen molar-refractivity contribution in [2.24, 2.45) is 0 Å². The minimum Gasteiger partial charge on any atom is -0.324 e. The largest absolute Gasteiger partial charge is 0.324 e. The molecule has 0 unspecified atom stereocenters. The van der Waals surface area contributed by atoms with Gasteiger partial charge in [-0.2, -0.15) is 5.10 Å². The van der Waals surface area contributed by atoms with Crippen molar-refractivity contribution >= 4 is 23.2 Å². The van der Waals surface area contributed by atoms with Crippen molar-refractivity contribution in [3.63, 3.8) is 0 Å². The predicted molar refractivity (Wildman–Crippen MR) is 114 cm³/mol. The van der Waals surface area contributed by atoms with Crippen LogP contribution in [0.4, 0.5) is 5.69 Å². The van der Waals surface area contributed by atoms with E-state index in [4.69, 9.17) is 11.6 Å². The Morgan fingerprint density at radius 1 is 0.966 bits per heavy atom. The number of benzene rings is 3. The van der Waals surface area contributed by atoms with Gasteiger partial charge in [0.1, 0.15) is 12.7 Å². The third-order valence-corrected chi connectivity index (χ3v) is 4.93. The van der Waals surface area contributed by atoms with Crippen LogP contribution in [-0.2, 0) is 4.79 Å². The Morgan fingerprint density at radius 2 is 1.62 bits per heavy atom. The molecule has 5 nitrogen and oxygen atoms in total. The maximum absolute atomic E-state index is 13.0. The molecule has 0 radical (unpaired) electrons. The van der Waals surface area contributed by atoms with Crippen LogP contribution in [0.15, 0.2) is 91.5 Å². The number of hydrogen-bond acceptors (Lipinski definition) is 3. The Labute approximate surface area is 174 Å². The molecule has 1 aromatic heterocycles. The van der Waals surface area contributed by atoms with Crippen LogP contribution >= 0.6 is 11.6 Å². The minimum atomic E-state index is -0.105. The molecule has 1 N–H and O–H groups in total. The van der Waals surface area contributed by atoms with Crippen molar-refractivity contribution in [1.82, 2.24) is 14.8 Å². The van der Waals surface area contributed by atoms with E-state index in [1.54, 1.807) is 29.2 Å². The van der Waals surface area contributed by atoms with Crippen molar-refractivity contribution in [2.45, 2.75) is 12.3 Å². The summed E-state index contributed by atoms with van der Waals surface area (Å²) >= 11 is 6.16. The van der Waals surface area contributed by atoms with Gasteiger partial charge in [-0.25, -0.2) is 9.67 Å². The molecule has 4 rings (SSSR count). The lowest BCUT2D eigenvalue weighted by atomic mass is 9.88. The molecule has 0 aliphatic rings. The monoisotopic (exact) mass is 402 g/mol. The van der Waals surface area contributed by atoms with Crippen LogP contribution in [0.5, 0.6) is 0 Å². The van der Waals surface area contributed by atoms with Crippen LogP contribution in [0.1, 0.15) is 23.5 Å². The number of carbonyl (C=O) groups excluding carboxylic acids is 1. The van der Waals surface area contributed by atoms with E-state index in [1.165, 1.54) is 6.33 Å². The average molecular weight is 403 g/mol. The van der Waals surface area contributed by atoms with Gasteiger partial charge < -0.3 is 5.32 Å². The summed E-state index contributed by atoms with van der Waals surface area (Å²) in [4.78, 5) is 17.0. The summed E-state index contributed by atoms with van der Waals surface area (Å²) in [6.45, 7) is 0. The van der Waals surface area contributed by atoms with Crippen LogP contribution in [0.3, 0.4) is 0 Å². The Bertz CT molecular complexity index is 1040. The topological polar surface area (TPSA) is 59.8 Å². The molecule has 0 fully saturated rings. The molecular formula is C23H19ClN4O. The Kier molecular flexibility index (Phi) is 5.68. The van der Waals surface area contributed by atoms with Gasteiger partial charge in [-0.05, 0) is 29.3 Å². The van der Waals surface area contributed by atoms with E-state index >= 15 is 0 Å². The molecule has 0 aliphatic heterocycles. The summed E-state index contributed by atoms with van der Waals surface area (Å²) in [6, 6.07) is 25.4. The number of rotatable bonds is 6. The molecule has 0 atom stereocenters. The lowest BCUT2D eigenvalue weighted by molar-refractivity contribution is -0.116. The van der Waals surface area contributed by atoms with Gasteiger partial charge >= 0.3 is 0 Å². The SMILES string of the molecule is O=C(CC(c1ccccc1)c1ccccc1)Nc1cc(Cl)ccc1-n1cncn1. The molecule has 0 saturated carbocycles. The van der Waals surface area contributed by atoms with E-state index < -0.39 is 0 Å². The first-order valence-corrected chi connectivity index (χ1v) is 9.63. The number of amides is 1. The molecule has 144 valence electrons. The molecule has 4 aromatic rings. The summed E-state index contributed by atoms with van der Waals surface area (Å²) in [6.07, 6.45) is 3.33. The molecule has 29 heavy (non-hydrogen) atoms. The molecule has 6 heteroatoms. The normalized spacial score (nSPS) is 10.8. The van der Waals surface area contributed by atoms with Crippen LogP contribution in [0.2, 0.25) is 5.02 Å². The number of anilines is 1. The zero-order valence-corrected chi connectivity index (χ0v) is 16.3. The molecule has 0 aliphatic carbocycles. The standard InChI is InChI=1S/C23H19ClN4O/c24-19-11-12-22(28-16-25-15-26-28)21(13-19)27-23(29)14-20(17-7-3-1-4-8-17)18-9-5-2-6-10-18/h1-13,15-16,20H,14H2,(H,27,29). The summed E-state index contributed by atoms with van der Waals surface area (Å²) in [5, 5.41) is 7.68. The zero-order valence-electron chi connectivity index (χ0n) is 15.6. The van der Waals surface area contributed by atoms with Crippen LogP contribution in [0.25, 0.3) is 5.69 Å². The van der Waals surface area contributed by atoms with Crippen molar-refractivity contribution < 1.29 is 4.79 Å². The smallest absolute Gasteiger partial charge is 0.225 e. The highest BCUT2D eigenvalue weighted by molar-refractivity contribution is 6.31. The first kappa shape index (κ1) is 18.9. The van der Waals surface area contributed by atoms with Crippen molar-refractivity contribution in [3.8, 4) is 5.69 Å². The second kappa shape index (κ2) is 8.71. The fourth-order valence-corrected chi connectivity index (χ4v) is 3.50. The van der Waals surface area contributed by atoms with E-state index in [2.05, 4.69) is 15.4 Å². The number of halogens is 1. The first-order valence-electron chi connectivity index (χ1n) is 9.25. The Morgan fingerprint density at radius 3 is 2.21 bits per heavy atom.